The molecule has 3 rings (SSSR count). The van der Waals surface area contributed by atoms with Gasteiger partial charge in [0.1, 0.15) is 11.5 Å². The zero-order chi connectivity index (χ0) is 13.9. The van der Waals surface area contributed by atoms with Crippen molar-refractivity contribution in [1.82, 2.24) is 9.88 Å². The molecule has 20 heavy (non-hydrogen) atoms. The van der Waals surface area contributed by atoms with Crippen LogP contribution in [0, 0.1) is 0 Å². The van der Waals surface area contributed by atoms with Gasteiger partial charge in [-0.2, -0.15) is 0 Å². The second kappa shape index (κ2) is 5.67. The van der Waals surface area contributed by atoms with Crippen molar-refractivity contribution in [2.75, 3.05) is 20.7 Å². The Balaban J connectivity index is 1.70. The minimum atomic E-state index is 0.347. The number of aromatic nitrogens is 1. The van der Waals surface area contributed by atoms with Gasteiger partial charge >= 0.3 is 0 Å². The summed E-state index contributed by atoms with van der Waals surface area (Å²) in [6.45, 7) is 1.13. The second-order valence-corrected chi connectivity index (χ2v) is 5.33. The highest BCUT2D eigenvalue weighted by Crippen LogP contribution is 2.30. The Morgan fingerprint density at radius 2 is 2.15 bits per heavy atom. The molecule has 0 unspecified atom stereocenters. The molecule has 106 valence electrons. The number of rotatable bonds is 4. The number of hydrogen-bond donors (Lipinski definition) is 0. The molecule has 1 aromatic carbocycles. The first-order chi connectivity index (χ1) is 9.76. The first kappa shape index (κ1) is 13.2. The maximum atomic E-state index is 5.91. The van der Waals surface area contributed by atoms with Crippen LogP contribution in [-0.2, 0) is 6.42 Å². The van der Waals surface area contributed by atoms with E-state index in [9.17, 15) is 0 Å². The SMILES string of the molecule is COc1ccc(Cc2cnc([C@H]3CCCN3C)o2)cc1. The highest BCUT2D eigenvalue weighted by atomic mass is 16.5. The minimum Gasteiger partial charge on any atom is -0.497 e. The topological polar surface area (TPSA) is 38.5 Å². The molecule has 0 bridgehead atoms. The van der Waals surface area contributed by atoms with E-state index in [0.29, 0.717) is 6.04 Å². The van der Waals surface area contributed by atoms with Crippen LogP contribution in [0.3, 0.4) is 0 Å². The van der Waals surface area contributed by atoms with Crippen molar-refractivity contribution < 1.29 is 9.15 Å². The molecule has 1 saturated heterocycles. The Labute approximate surface area is 119 Å². The number of ether oxygens (including phenoxy) is 1. The highest BCUT2D eigenvalue weighted by molar-refractivity contribution is 5.29. The number of oxazole rings is 1. The predicted octanol–water partition coefficient (Wildman–Crippen LogP) is 3.04. The van der Waals surface area contributed by atoms with Crippen LogP contribution in [0.15, 0.2) is 34.9 Å². The summed E-state index contributed by atoms with van der Waals surface area (Å²) in [5, 5.41) is 0. The number of hydrogen-bond acceptors (Lipinski definition) is 4. The van der Waals surface area contributed by atoms with Crippen LogP contribution in [0.1, 0.15) is 36.1 Å². The minimum absolute atomic E-state index is 0.347. The molecule has 1 fully saturated rings. The molecular formula is C16H20N2O2. The van der Waals surface area contributed by atoms with E-state index in [1.54, 1.807) is 7.11 Å². The Kier molecular flexibility index (Phi) is 3.74. The summed E-state index contributed by atoms with van der Waals surface area (Å²) in [6.07, 6.45) is 4.98. The molecular weight excluding hydrogens is 252 g/mol. The standard InChI is InChI=1S/C16H20N2O2/c1-18-9-3-4-15(18)16-17-11-14(20-16)10-12-5-7-13(19-2)8-6-12/h5-8,11,15H,3-4,9-10H2,1-2H3/t15-/m1/s1. The Morgan fingerprint density at radius 1 is 1.35 bits per heavy atom. The number of methoxy groups -OCH3 is 1. The summed E-state index contributed by atoms with van der Waals surface area (Å²) in [5.41, 5.74) is 1.20. The van der Waals surface area contributed by atoms with Gasteiger partial charge in [0.25, 0.3) is 0 Å². The zero-order valence-corrected chi connectivity index (χ0v) is 12.0. The third-order valence-corrected chi connectivity index (χ3v) is 3.91. The number of likely N-dealkylation sites (tertiary alicyclic amines) is 1. The van der Waals surface area contributed by atoms with E-state index in [-0.39, 0.29) is 0 Å². The monoisotopic (exact) mass is 272 g/mol. The Morgan fingerprint density at radius 3 is 2.80 bits per heavy atom. The van der Waals surface area contributed by atoms with Gasteiger partial charge in [0.2, 0.25) is 5.89 Å². The maximum Gasteiger partial charge on any atom is 0.211 e. The molecule has 1 aromatic heterocycles. The molecule has 1 atom stereocenters. The average Bonchev–Trinajstić information content (AvgIpc) is 3.08. The van der Waals surface area contributed by atoms with Gasteiger partial charge in [0, 0.05) is 6.42 Å². The predicted molar refractivity (Wildman–Crippen MR) is 76.9 cm³/mol. The van der Waals surface area contributed by atoms with Gasteiger partial charge < -0.3 is 9.15 Å². The van der Waals surface area contributed by atoms with Gasteiger partial charge in [0.05, 0.1) is 19.3 Å². The Hall–Kier alpha value is -1.81. The molecule has 1 aliphatic rings. The van der Waals surface area contributed by atoms with E-state index >= 15 is 0 Å². The van der Waals surface area contributed by atoms with Crippen LogP contribution in [0.4, 0.5) is 0 Å². The number of nitrogens with zero attached hydrogens (tertiary/aromatic N) is 2. The molecule has 0 saturated carbocycles. The average molecular weight is 272 g/mol. The summed E-state index contributed by atoms with van der Waals surface area (Å²) in [5.74, 6) is 2.65. The second-order valence-electron chi connectivity index (χ2n) is 5.33. The summed E-state index contributed by atoms with van der Waals surface area (Å²) in [6, 6.07) is 8.40. The van der Waals surface area contributed by atoms with E-state index in [1.807, 2.05) is 18.3 Å². The normalized spacial score (nSPS) is 19.4. The summed E-state index contributed by atoms with van der Waals surface area (Å²) in [4.78, 5) is 6.75. The van der Waals surface area contributed by atoms with Gasteiger partial charge in [-0.15, -0.1) is 0 Å². The molecule has 4 heteroatoms. The van der Waals surface area contributed by atoms with Crippen molar-refractivity contribution in [3.05, 3.63) is 47.7 Å². The summed E-state index contributed by atoms with van der Waals surface area (Å²) in [7, 11) is 3.81. The van der Waals surface area contributed by atoms with Crippen molar-refractivity contribution in [2.24, 2.45) is 0 Å². The van der Waals surface area contributed by atoms with Crippen LogP contribution < -0.4 is 4.74 Å². The zero-order valence-electron chi connectivity index (χ0n) is 12.0. The lowest BCUT2D eigenvalue weighted by Crippen LogP contribution is -2.17. The smallest absolute Gasteiger partial charge is 0.211 e. The molecule has 0 amide bonds. The van der Waals surface area contributed by atoms with E-state index in [4.69, 9.17) is 9.15 Å². The van der Waals surface area contributed by atoms with Crippen LogP contribution in [0.2, 0.25) is 0 Å². The van der Waals surface area contributed by atoms with Gasteiger partial charge in [-0.25, -0.2) is 4.98 Å². The molecule has 4 nitrogen and oxygen atoms in total. The largest absolute Gasteiger partial charge is 0.497 e. The maximum absolute atomic E-state index is 5.91. The van der Waals surface area contributed by atoms with Gasteiger partial charge in [0.15, 0.2) is 0 Å². The van der Waals surface area contributed by atoms with E-state index in [0.717, 1.165) is 36.8 Å². The van der Waals surface area contributed by atoms with Crippen molar-refractivity contribution in [3.63, 3.8) is 0 Å². The van der Waals surface area contributed by atoms with E-state index in [2.05, 4.69) is 29.1 Å². The van der Waals surface area contributed by atoms with Crippen LogP contribution in [0.5, 0.6) is 5.75 Å². The molecule has 2 aromatic rings. The molecule has 2 heterocycles. The first-order valence-corrected chi connectivity index (χ1v) is 7.04. The van der Waals surface area contributed by atoms with Crippen LogP contribution in [0.25, 0.3) is 0 Å². The lowest BCUT2D eigenvalue weighted by Gasteiger charge is -2.15. The third kappa shape index (κ3) is 2.70. The molecule has 1 aliphatic heterocycles. The molecule has 0 N–H and O–H groups in total. The highest BCUT2D eigenvalue weighted by Gasteiger charge is 2.26. The third-order valence-electron chi connectivity index (χ3n) is 3.91. The van der Waals surface area contributed by atoms with Gasteiger partial charge in [-0.3, -0.25) is 4.90 Å². The lowest BCUT2D eigenvalue weighted by atomic mass is 10.1. The Bertz CT molecular complexity index is 562. The lowest BCUT2D eigenvalue weighted by molar-refractivity contribution is 0.264. The van der Waals surface area contributed by atoms with Crippen molar-refractivity contribution in [3.8, 4) is 5.75 Å². The van der Waals surface area contributed by atoms with E-state index in [1.165, 1.54) is 12.0 Å². The van der Waals surface area contributed by atoms with Gasteiger partial charge in [-0.05, 0) is 44.1 Å². The quantitative estimate of drug-likeness (QED) is 0.857. The van der Waals surface area contributed by atoms with Crippen LogP contribution in [-0.4, -0.2) is 30.6 Å². The fraction of sp³-hybridized carbons (Fsp3) is 0.438. The molecule has 0 radical (unpaired) electrons. The molecule has 0 spiro atoms. The van der Waals surface area contributed by atoms with Crippen LogP contribution >= 0.6 is 0 Å². The van der Waals surface area contributed by atoms with Crippen molar-refractivity contribution >= 4 is 0 Å². The number of benzene rings is 1. The van der Waals surface area contributed by atoms with E-state index < -0.39 is 0 Å². The van der Waals surface area contributed by atoms with Crippen molar-refractivity contribution in [2.45, 2.75) is 25.3 Å². The van der Waals surface area contributed by atoms with Crippen molar-refractivity contribution in [1.29, 1.82) is 0 Å². The summed E-state index contributed by atoms with van der Waals surface area (Å²) >= 11 is 0. The fourth-order valence-corrected chi connectivity index (χ4v) is 2.73. The van der Waals surface area contributed by atoms with Gasteiger partial charge in [-0.1, -0.05) is 12.1 Å². The first-order valence-electron chi connectivity index (χ1n) is 7.04. The summed E-state index contributed by atoms with van der Waals surface area (Å²) < 4.78 is 11.1. The molecule has 0 aliphatic carbocycles. The fourth-order valence-electron chi connectivity index (χ4n) is 2.73.